The SMILES string of the molecule is CSNC1C(F)CN(C(=O)C23CC2C3)C1Cc1cccc(-c2cccc(F)c2)c1C. The second kappa shape index (κ2) is 7.34. The maximum absolute atomic E-state index is 14.9. The summed E-state index contributed by atoms with van der Waals surface area (Å²) >= 11 is 1.40. The van der Waals surface area contributed by atoms with Gasteiger partial charge in [0.05, 0.1) is 24.0 Å². The Labute approximate surface area is 180 Å². The number of hydrogen-bond acceptors (Lipinski definition) is 3. The van der Waals surface area contributed by atoms with E-state index in [1.165, 1.54) is 24.1 Å². The molecule has 6 heteroatoms. The van der Waals surface area contributed by atoms with Crippen molar-refractivity contribution in [2.24, 2.45) is 11.3 Å². The zero-order valence-electron chi connectivity index (χ0n) is 17.2. The summed E-state index contributed by atoms with van der Waals surface area (Å²) in [5, 5.41) is 0. The summed E-state index contributed by atoms with van der Waals surface area (Å²) in [5.74, 6) is 0.413. The maximum Gasteiger partial charge on any atom is 0.229 e. The summed E-state index contributed by atoms with van der Waals surface area (Å²) in [4.78, 5) is 15.0. The van der Waals surface area contributed by atoms with Crippen LogP contribution in [-0.2, 0) is 11.2 Å². The lowest BCUT2D eigenvalue weighted by Gasteiger charge is -2.30. The first-order valence-corrected chi connectivity index (χ1v) is 11.7. The first-order chi connectivity index (χ1) is 14.4. The molecule has 1 N–H and O–H groups in total. The van der Waals surface area contributed by atoms with Crippen LogP contribution >= 0.6 is 11.9 Å². The number of likely N-dealkylation sites (tertiary alicyclic amines) is 1. The van der Waals surface area contributed by atoms with Gasteiger partial charge in [0.15, 0.2) is 0 Å². The lowest BCUT2D eigenvalue weighted by molar-refractivity contribution is -0.135. The smallest absolute Gasteiger partial charge is 0.229 e. The van der Waals surface area contributed by atoms with E-state index < -0.39 is 12.2 Å². The van der Waals surface area contributed by atoms with E-state index in [0.717, 1.165) is 35.1 Å². The molecular weight excluding hydrogens is 402 g/mol. The van der Waals surface area contributed by atoms with Gasteiger partial charge in [-0.1, -0.05) is 42.3 Å². The number of carbonyl (C=O) groups excluding carboxylic acids is 1. The quantitative estimate of drug-likeness (QED) is 0.686. The lowest BCUT2D eigenvalue weighted by Crippen LogP contribution is -2.47. The summed E-state index contributed by atoms with van der Waals surface area (Å²) in [6.45, 7) is 2.19. The molecule has 1 saturated heterocycles. The predicted octanol–water partition coefficient (Wildman–Crippen LogP) is 4.54. The van der Waals surface area contributed by atoms with E-state index in [1.54, 1.807) is 11.0 Å². The zero-order chi connectivity index (χ0) is 21.0. The van der Waals surface area contributed by atoms with Crippen molar-refractivity contribution in [3.8, 4) is 11.1 Å². The Bertz CT molecular complexity index is 991. The highest BCUT2D eigenvalue weighted by molar-refractivity contribution is 7.96. The standard InChI is InChI=1S/C24H26F2N2OS/c1-14-15(5-4-8-19(14)16-6-3-7-18(25)9-16)10-21-22(27-30-2)20(26)13-28(21)23(29)24-11-17(24)12-24/h3-9,17,20-22,27H,10-13H2,1-2H3. The van der Waals surface area contributed by atoms with Crippen molar-refractivity contribution in [3.63, 3.8) is 0 Å². The van der Waals surface area contributed by atoms with Crippen molar-refractivity contribution in [1.82, 2.24) is 9.62 Å². The second-order valence-electron chi connectivity index (χ2n) is 8.95. The number of nitrogens with zero attached hydrogens (tertiary/aromatic N) is 1. The van der Waals surface area contributed by atoms with E-state index in [4.69, 9.17) is 0 Å². The molecule has 2 aliphatic carbocycles. The van der Waals surface area contributed by atoms with Gasteiger partial charge in [0.2, 0.25) is 5.91 Å². The van der Waals surface area contributed by atoms with E-state index in [1.807, 2.05) is 37.4 Å². The normalized spacial score (nSPS) is 31.5. The number of benzene rings is 2. The van der Waals surface area contributed by atoms with E-state index in [9.17, 15) is 13.6 Å². The van der Waals surface area contributed by atoms with Crippen LogP contribution in [0, 0.1) is 24.1 Å². The van der Waals surface area contributed by atoms with Gasteiger partial charge in [-0.3, -0.25) is 9.52 Å². The molecule has 5 rings (SSSR count). The van der Waals surface area contributed by atoms with E-state index in [0.29, 0.717) is 12.3 Å². The Hall–Kier alpha value is -1.92. The molecule has 3 fully saturated rings. The molecule has 2 aromatic rings. The molecule has 2 aromatic carbocycles. The fourth-order valence-electron chi connectivity index (χ4n) is 5.07. The first-order valence-electron chi connectivity index (χ1n) is 10.5. The minimum absolute atomic E-state index is 0.143. The van der Waals surface area contributed by atoms with E-state index in [2.05, 4.69) is 4.72 Å². The third kappa shape index (κ3) is 3.25. The molecule has 1 amide bonds. The minimum atomic E-state index is -1.08. The van der Waals surface area contributed by atoms with E-state index >= 15 is 0 Å². The molecule has 158 valence electrons. The molecule has 0 radical (unpaired) electrons. The fourth-order valence-corrected chi connectivity index (χ4v) is 5.64. The average molecular weight is 429 g/mol. The number of nitrogens with one attached hydrogen (secondary N) is 1. The van der Waals surface area contributed by atoms with Gasteiger partial charge in [-0.2, -0.15) is 0 Å². The zero-order valence-corrected chi connectivity index (χ0v) is 18.0. The van der Waals surface area contributed by atoms with Crippen LogP contribution in [0.25, 0.3) is 11.1 Å². The molecule has 3 unspecified atom stereocenters. The van der Waals surface area contributed by atoms with Crippen LogP contribution in [0.5, 0.6) is 0 Å². The van der Waals surface area contributed by atoms with Crippen LogP contribution in [0.3, 0.4) is 0 Å². The van der Waals surface area contributed by atoms with Crippen LogP contribution in [0.1, 0.15) is 24.0 Å². The molecule has 2 saturated carbocycles. The molecule has 0 spiro atoms. The molecule has 3 aliphatic rings. The third-order valence-electron chi connectivity index (χ3n) is 7.21. The van der Waals surface area contributed by atoms with E-state index in [-0.39, 0.29) is 29.7 Å². The van der Waals surface area contributed by atoms with Crippen LogP contribution in [-0.4, -0.2) is 41.9 Å². The van der Waals surface area contributed by atoms with Gasteiger partial charge in [0.1, 0.15) is 12.0 Å². The summed E-state index contributed by atoms with van der Waals surface area (Å²) in [7, 11) is 0. The summed E-state index contributed by atoms with van der Waals surface area (Å²) in [6, 6.07) is 11.9. The van der Waals surface area contributed by atoms with Crippen LogP contribution in [0.4, 0.5) is 8.78 Å². The molecule has 1 heterocycles. The molecule has 0 bridgehead atoms. The fraction of sp³-hybridized carbons (Fsp3) is 0.458. The van der Waals surface area contributed by atoms with Crippen LogP contribution < -0.4 is 4.72 Å². The number of amides is 1. The second-order valence-corrected chi connectivity index (χ2v) is 9.60. The van der Waals surface area contributed by atoms with Crippen molar-refractivity contribution in [2.75, 3.05) is 12.8 Å². The largest absolute Gasteiger partial charge is 0.334 e. The number of fused-ring (bicyclic) bond motifs is 1. The molecule has 3 atom stereocenters. The maximum atomic E-state index is 14.9. The highest BCUT2D eigenvalue weighted by Gasteiger charge is 2.76. The van der Waals surface area contributed by atoms with Crippen molar-refractivity contribution in [1.29, 1.82) is 0 Å². The van der Waals surface area contributed by atoms with Crippen molar-refractivity contribution < 1.29 is 13.6 Å². The van der Waals surface area contributed by atoms with Gasteiger partial charge in [-0.05, 0) is 72.7 Å². The van der Waals surface area contributed by atoms with Crippen molar-refractivity contribution in [3.05, 3.63) is 59.4 Å². The summed E-state index contributed by atoms with van der Waals surface area (Å²) in [6.07, 6.45) is 3.34. The van der Waals surface area contributed by atoms with Gasteiger partial charge < -0.3 is 4.90 Å². The Kier molecular flexibility index (Phi) is 4.90. The van der Waals surface area contributed by atoms with Gasteiger partial charge in [-0.25, -0.2) is 8.78 Å². The Balaban J connectivity index is 1.46. The topological polar surface area (TPSA) is 32.3 Å². The van der Waals surface area contributed by atoms with Crippen molar-refractivity contribution in [2.45, 2.75) is 44.4 Å². The number of alkyl halides is 1. The summed E-state index contributed by atoms with van der Waals surface area (Å²) < 4.78 is 31.9. The van der Waals surface area contributed by atoms with Crippen LogP contribution in [0.15, 0.2) is 42.5 Å². The van der Waals surface area contributed by atoms with Gasteiger partial charge in [-0.15, -0.1) is 0 Å². The Morgan fingerprint density at radius 3 is 2.67 bits per heavy atom. The minimum Gasteiger partial charge on any atom is -0.334 e. The Morgan fingerprint density at radius 1 is 1.27 bits per heavy atom. The average Bonchev–Trinajstić information content (AvgIpc) is 3.58. The number of carbonyl (C=O) groups is 1. The molecule has 3 nitrogen and oxygen atoms in total. The Morgan fingerprint density at radius 2 is 2.00 bits per heavy atom. The predicted molar refractivity (Wildman–Crippen MR) is 116 cm³/mol. The highest BCUT2D eigenvalue weighted by atomic mass is 32.2. The highest BCUT2D eigenvalue weighted by Crippen LogP contribution is 2.76. The molecule has 1 aliphatic heterocycles. The molecular formula is C24H26F2N2OS. The lowest BCUT2D eigenvalue weighted by atomic mass is 9.91. The number of hydrogen-bond donors (Lipinski definition) is 1. The van der Waals surface area contributed by atoms with Gasteiger partial charge >= 0.3 is 0 Å². The molecule has 0 aromatic heterocycles. The first kappa shape index (κ1) is 20.0. The number of rotatable bonds is 6. The number of halogens is 2. The van der Waals surface area contributed by atoms with Crippen molar-refractivity contribution >= 4 is 17.9 Å². The summed E-state index contributed by atoms with van der Waals surface area (Å²) in [5.41, 5.74) is 3.76. The van der Waals surface area contributed by atoms with Gasteiger partial charge in [0.25, 0.3) is 0 Å². The third-order valence-corrected chi connectivity index (χ3v) is 7.72. The molecule has 30 heavy (non-hydrogen) atoms. The van der Waals surface area contributed by atoms with Gasteiger partial charge in [0, 0.05) is 0 Å². The van der Waals surface area contributed by atoms with Crippen LogP contribution in [0.2, 0.25) is 0 Å². The monoisotopic (exact) mass is 428 g/mol.